The van der Waals surface area contributed by atoms with Crippen LogP contribution >= 0.6 is 0 Å². The fourth-order valence-corrected chi connectivity index (χ4v) is 4.37. The second-order valence-corrected chi connectivity index (χ2v) is 8.12. The van der Waals surface area contributed by atoms with E-state index in [1.807, 2.05) is 41.6 Å². The second kappa shape index (κ2) is 7.85. The SMILES string of the molecule is CC(C)n1ncc2c(C(=O)N3CCCCC3C3OCCO3)cc(-c3ccco3)nc21. The highest BCUT2D eigenvalue weighted by Gasteiger charge is 2.37. The van der Waals surface area contributed by atoms with Gasteiger partial charge in [0.25, 0.3) is 5.91 Å². The number of fused-ring (bicyclic) bond motifs is 1. The third kappa shape index (κ3) is 3.30. The Labute approximate surface area is 174 Å². The number of piperidine rings is 1. The van der Waals surface area contributed by atoms with E-state index in [2.05, 4.69) is 5.10 Å². The van der Waals surface area contributed by atoms with Crippen molar-refractivity contribution < 1.29 is 18.7 Å². The minimum Gasteiger partial charge on any atom is -0.463 e. The average molecular weight is 410 g/mol. The molecule has 5 rings (SSSR count). The van der Waals surface area contributed by atoms with Crippen LogP contribution in [-0.4, -0.2) is 57.7 Å². The zero-order valence-corrected chi connectivity index (χ0v) is 17.3. The first-order chi connectivity index (χ1) is 14.6. The molecule has 3 aromatic heterocycles. The van der Waals surface area contributed by atoms with E-state index >= 15 is 0 Å². The number of amides is 1. The lowest BCUT2D eigenvalue weighted by molar-refractivity contribution is -0.100. The summed E-state index contributed by atoms with van der Waals surface area (Å²) in [6.07, 6.45) is 5.91. The molecule has 158 valence electrons. The smallest absolute Gasteiger partial charge is 0.255 e. The molecule has 8 heteroatoms. The maximum Gasteiger partial charge on any atom is 0.255 e. The maximum atomic E-state index is 13.8. The molecule has 0 aromatic carbocycles. The van der Waals surface area contributed by atoms with Crippen molar-refractivity contribution in [2.75, 3.05) is 19.8 Å². The van der Waals surface area contributed by atoms with Gasteiger partial charge in [0.2, 0.25) is 0 Å². The van der Waals surface area contributed by atoms with Crippen LogP contribution in [0.1, 0.15) is 49.5 Å². The first-order valence-electron chi connectivity index (χ1n) is 10.6. The van der Waals surface area contributed by atoms with Gasteiger partial charge in [0, 0.05) is 12.6 Å². The van der Waals surface area contributed by atoms with Crippen molar-refractivity contribution in [1.82, 2.24) is 19.7 Å². The number of ether oxygens (including phenoxy) is 2. The summed E-state index contributed by atoms with van der Waals surface area (Å²) in [6, 6.07) is 5.52. The van der Waals surface area contributed by atoms with Crippen LogP contribution in [0.4, 0.5) is 0 Å². The van der Waals surface area contributed by atoms with Crippen LogP contribution in [0.15, 0.2) is 35.1 Å². The van der Waals surface area contributed by atoms with Gasteiger partial charge in [0.1, 0.15) is 5.69 Å². The standard InChI is InChI=1S/C22H26N4O4/c1-14(2)26-20-16(13-23-26)15(12-17(24-20)19-7-5-9-28-19)21(27)25-8-4-3-6-18(25)22-29-10-11-30-22/h5,7,9,12-14,18,22H,3-4,6,8,10-11H2,1-2H3. The molecule has 1 atom stereocenters. The molecule has 0 N–H and O–H groups in total. The van der Waals surface area contributed by atoms with Crippen LogP contribution in [0.3, 0.4) is 0 Å². The third-order valence-electron chi connectivity index (χ3n) is 5.83. The molecule has 2 aliphatic heterocycles. The molecule has 0 radical (unpaired) electrons. The molecule has 2 fully saturated rings. The molecule has 1 unspecified atom stereocenters. The van der Waals surface area contributed by atoms with E-state index in [4.69, 9.17) is 18.9 Å². The Kier molecular flexibility index (Phi) is 5.04. The topological polar surface area (TPSA) is 82.6 Å². The summed E-state index contributed by atoms with van der Waals surface area (Å²) in [5.74, 6) is 0.586. The van der Waals surface area contributed by atoms with Gasteiger partial charge in [-0.15, -0.1) is 0 Å². The molecule has 5 heterocycles. The van der Waals surface area contributed by atoms with Crippen molar-refractivity contribution in [3.8, 4) is 11.5 Å². The highest BCUT2D eigenvalue weighted by atomic mass is 16.7. The Balaban J connectivity index is 1.60. The van der Waals surface area contributed by atoms with E-state index in [0.29, 0.717) is 42.4 Å². The lowest BCUT2D eigenvalue weighted by Crippen LogP contribution is -2.50. The minimum atomic E-state index is -0.352. The van der Waals surface area contributed by atoms with Gasteiger partial charge in [-0.25, -0.2) is 9.67 Å². The van der Waals surface area contributed by atoms with Gasteiger partial charge in [-0.05, 0) is 51.3 Å². The van der Waals surface area contributed by atoms with E-state index in [1.165, 1.54) is 0 Å². The number of pyridine rings is 1. The van der Waals surface area contributed by atoms with Crippen molar-refractivity contribution in [2.24, 2.45) is 0 Å². The summed E-state index contributed by atoms with van der Waals surface area (Å²) >= 11 is 0. The zero-order valence-electron chi connectivity index (χ0n) is 17.3. The van der Waals surface area contributed by atoms with Crippen LogP contribution < -0.4 is 0 Å². The quantitative estimate of drug-likeness (QED) is 0.653. The van der Waals surface area contributed by atoms with Crippen LogP contribution in [0, 0.1) is 0 Å². The van der Waals surface area contributed by atoms with Gasteiger partial charge >= 0.3 is 0 Å². The van der Waals surface area contributed by atoms with Crippen molar-refractivity contribution in [3.63, 3.8) is 0 Å². The molecular weight excluding hydrogens is 384 g/mol. The van der Waals surface area contributed by atoms with E-state index in [1.54, 1.807) is 12.5 Å². The number of furan rings is 1. The fraction of sp³-hybridized carbons (Fsp3) is 0.500. The summed E-state index contributed by atoms with van der Waals surface area (Å²) in [7, 11) is 0. The number of hydrogen-bond acceptors (Lipinski definition) is 6. The van der Waals surface area contributed by atoms with Crippen LogP contribution in [-0.2, 0) is 9.47 Å². The number of carbonyl (C=O) groups is 1. The van der Waals surface area contributed by atoms with Gasteiger partial charge in [0.05, 0.1) is 42.7 Å². The van der Waals surface area contributed by atoms with Crippen LogP contribution in [0.5, 0.6) is 0 Å². The van der Waals surface area contributed by atoms with Crippen molar-refractivity contribution in [1.29, 1.82) is 0 Å². The number of hydrogen-bond donors (Lipinski definition) is 0. The van der Waals surface area contributed by atoms with E-state index in [-0.39, 0.29) is 24.3 Å². The normalized spacial score (nSPS) is 20.5. The monoisotopic (exact) mass is 410 g/mol. The van der Waals surface area contributed by atoms with Crippen molar-refractivity contribution >= 4 is 16.9 Å². The predicted molar refractivity (Wildman–Crippen MR) is 110 cm³/mol. The lowest BCUT2D eigenvalue weighted by atomic mass is 9.99. The van der Waals surface area contributed by atoms with Gasteiger partial charge < -0.3 is 18.8 Å². The van der Waals surface area contributed by atoms with Crippen LogP contribution in [0.25, 0.3) is 22.5 Å². The minimum absolute atomic E-state index is 0.0395. The summed E-state index contributed by atoms with van der Waals surface area (Å²) in [5.41, 5.74) is 1.90. The summed E-state index contributed by atoms with van der Waals surface area (Å²) in [4.78, 5) is 20.5. The van der Waals surface area contributed by atoms with Crippen LogP contribution in [0.2, 0.25) is 0 Å². The van der Waals surface area contributed by atoms with Gasteiger partial charge in [-0.1, -0.05) is 0 Å². The molecular formula is C22H26N4O4. The summed E-state index contributed by atoms with van der Waals surface area (Å²) in [6.45, 7) is 5.93. The summed E-state index contributed by atoms with van der Waals surface area (Å²) < 4.78 is 18.9. The highest BCUT2D eigenvalue weighted by molar-refractivity contribution is 6.06. The molecule has 1 amide bonds. The highest BCUT2D eigenvalue weighted by Crippen LogP contribution is 2.31. The second-order valence-electron chi connectivity index (χ2n) is 8.12. The van der Waals surface area contributed by atoms with Crippen molar-refractivity contribution in [3.05, 3.63) is 36.2 Å². The molecule has 0 saturated carbocycles. The Hall–Kier alpha value is -2.71. The molecule has 0 spiro atoms. The molecule has 30 heavy (non-hydrogen) atoms. The number of likely N-dealkylation sites (tertiary alicyclic amines) is 1. The Morgan fingerprint density at radius 2 is 2.07 bits per heavy atom. The average Bonchev–Trinajstić information content (AvgIpc) is 3.53. The number of carbonyl (C=O) groups excluding carboxylic acids is 1. The fourth-order valence-electron chi connectivity index (χ4n) is 4.37. The zero-order chi connectivity index (χ0) is 20.7. The number of aromatic nitrogens is 3. The third-order valence-corrected chi connectivity index (χ3v) is 5.83. The molecule has 8 nitrogen and oxygen atoms in total. The molecule has 3 aromatic rings. The molecule has 0 aliphatic carbocycles. The Morgan fingerprint density at radius 1 is 1.23 bits per heavy atom. The van der Waals surface area contributed by atoms with Crippen molar-refractivity contribution in [2.45, 2.75) is 51.5 Å². The van der Waals surface area contributed by atoms with Gasteiger partial charge in [-0.2, -0.15) is 5.10 Å². The molecule has 2 saturated heterocycles. The number of nitrogens with zero attached hydrogens (tertiary/aromatic N) is 4. The van der Waals surface area contributed by atoms with E-state index in [9.17, 15) is 4.79 Å². The van der Waals surface area contributed by atoms with E-state index < -0.39 is 0 Å². The first-order valence-corrected chi connectivity index (χ1v) is 10.6. The largest absolute Gasteiger partial charge is 0.463 e. The van der Waals surface area contributed by atoms with E-state index in [0.717, 1.165) is 24.6 Å². The molecule has 2 aliphatic rings. The van der Waals surface area contributed by atoms with Gasteiger partial charge in [-0.3, -0.25) is 4.79 Å². The lowest BCUT2D eigenvalue weighted by Gasteiger charge is -2.38. The number of rotatable bonds is 4. The predicted octanol–water partition coefficient (Wildman–Crippen LogP) is 3.64. The maximum absolute atomic E-state index is 13.8. The summed E-state index contributed by atoms with van der Waals surface area (Å²) in [5, 5.41) is 5.26. The van der Waals surface area contributed by atoms with Gasteiger partial charge in [0.15, 0.2) is 17.7 Å². The Bertz CT molecular complexity index is 1040. The molecule has 0 bridgehead atoms. The first kappa shape index (κ1) is 19.3. The Morgan fingerprint density at radius 3 is 2.80 bits per heavy atom.